The maximum atomic E-state index is 13.4. The molecule has 0 aliphatic carbocycles. The lowest BCUT2D eigenvalue weighted by atomic mass is 10.1. The lowest BCUT2D eigenvalue weighted by molar-refractivity contribution is 0.1000. The number of amides is 1. The summed E-state index contributed by atoms with van der Waals surface area (Å²) in [6.45, 7) is 1.82. The number of rotatable bonds is 5. The highest BCUT2D eigenvalue weighted by Crippen LogP contribution is 2.26. The molecule has 1 amide bonds. The van der Waals surface area contributed by atoms with Gasteiger partial charge in [0.1, 0.15) is 5.82 Å². The number of carbonyl (C=O) groups is 1. The Kier molecular flexibility index (Phi) is 5.00. The summed E-state index contributed by atoms with van der Waals surface area (Å²) in [4.78, 5) is 29.1. The summed E-state index contributed by atoms with van der Waals surface area (Å²) in [7, 11) is 0. The van der Waals surface area contributed by atoms with Crippen LogP contribution >= 0.6 is 0 Å². The normalized spacial score (nSPS) is 12.5. The molecule has 3 aromatic rings. The summed E-state index contributed by atoms with van der Waals surface area (Å²) < 4.78 is 28.1. The number of alkyl halides is 2. The van der Waals surface area contributed by atoms with Crippen LogP contribution in [0.4, 0.5) is 8.78 Å². The lowest BCUT2D eigenvalue weighted by Gasteiger charge is -2.18. The highest BCUT2D eigenvalue weighted by atomic mass is 19.3. The number of halogens is 2. The molecule has 0 aliphatic rings. The van der Waals surface area contributed by atoms with Gasteiger partial charge in [-0.2, -0.15) is 0 Å². The van der Waals surface area contributed by atoms with Crippen LogP contribution < -0.4 is 17.0 Å². The molecule has 2 aromatic carbocycles. The van der Waals surface area contributed by atoms with Crippen molar-refractivity contribution >= 4 is 16.8 Å². The molecular weight excluding hydrogens is 354 g/mol. The Balaban J connectivity index is 2.44. The predicted octanol–water partition coefficient (Wildman–Crippen LogP) is 2.83. The molecule has 0 unspecified atom stereocenters. The van der Waals surface area contributed by atoms with Gasteiger partial charge in [0.15, 0.2) is 0 Å². The summed E-state index contributed by atoms with van der Waals surface area (Å²) in [6, 6.07) is 9.54. The van der Waals surface area contributed by atoms with Crippen LogP contribution in [0.5, 0.6) is 0 Å². The van der Waals surface area contributed by atoms with Gasteiger partial charge in [-0.05, 0) is 30.7 Å². The summed E-state index contributed by atoms with van der Waals surface area (Å²) in [5.74, 6) is -0.448. The highest BCUT2D eigenvalue weighted by Gasteiger charge is 2.22. The maximum Gasteiger partial charge on any atom is 0.266 e. The Labute approximate surface area is 153 Å². The van der Waals surface area contributed by atoms with E-state index in [-0.39, 0.29) is 28.0 Å². The van der Waals surface area contributed by atoms with E-state index in [2.05, 4.69) is 4.98 Å². The van der Waals surface area contributed by atoms with Crippen LogP contribution in [-0.2, 0) is 0 Å². The minimum Gasteiger partial charge on any atom is -0.366 e. The first kappa shape index (κ1) is 18.7. The van der Waals surface area contributed by atoms with E-state index in [1.54, 1.807) is 12.1 Å². The summed E-state index contributed by atoms with van der Waals surface area (Å²) in [5.41, 5.74) is 11.0. The van der Waals surface area contributed by atoms with Gasteiger partial charge in [-0.15, -0.1) is 0 Å². The van der Waals surface area contributed by atoms with Crippen molar-refractivity contribution in [2.75, 3.05) is 0 Å². The Morgan fingerprint density at radius 1 is 1.22 bits per heavy atom. The number of primary amides is 1. The number of aromatic nitrogens is 2. The van der Waals surface area contributed by atoms with Crippen molar-refractivity contribution in [1.29, 1.82) is 0 Å². The number of fused-ring (bicyclic) bond motifs is 1. The first-order valence-corrected chi connectivity index (χ1v) is 8.34. The van der Waals surface area contributed by atoms with Gasteiger partial charge in [0.05, 0.1) is 22.6 Å². The van der Waals surface area contributed by atoms with Gasteiger partial charge in [0.25, 0.3) is 12.0 Å². The minimum absolute atomic E-state index is 0.152. The number of benzene rings is 2. The first-order chi connectivity index (χ1) is 12.8. The van der Waals surface area contributed by atoms with Gasteiger partial charge in [0, 0.05) is 11.1 Å². The van der Waals surface area contributed by atoms with Crippen LogP contribution in [0.2, 0.25) is 0 Å². The molecule has 0 fully saturated rings. The van der Waals surface area contributed by atoms with Gasteiger partial charge in [-0.1, -0.05) is 25.1 Å². The van der Waals surface area contributed by atoms with Crippen molar-refractivity contribution in [1.82, 2.24) is 9.55 Å². The van der Waals surface area contributed by atoms with E-state index in [1.807, 2.05) is 6.92 Å². The number of nitrogens with zero attached hydrogens (tertiary/aromatic N) is 2. The molecule has 6 nitrogen and oxygen atoms in total. The zero-order valence-corrected chi connectivity index (χ0v) is 14.5. The molecule has 0 aliphatic heterocycles. The molecule has 0 radical (unpaired) electrons. The fourth-order valence-corrected chi connectivity index (χ4v) is 2.93. The molecule has 3 rings (SSSR count). The second-order valence-corrected chi connectivity index (χ2v) is 6.08. The van der Waals surface area contributed by atoms with Crippen LogP contribution in [0.25, 0.3) is 16.6 Å². The molecule has 1 aromatic heterocycles. The number of nitrogens with two attached hydrogens (primary N) is 2. The Hall–Kier alpha value is -3.13. The summed E-state index contributed by atoms with van der Waals surface area (Å²) in [6.07, 6.45) is -2.36. The van der Waals surface area contributed by atoms with Gasteiger partial charge in [0.2, 0.25) is 5.91 Å². The summed E-state index contributed by atoms with van der Waals surface area (Å²) in [5, 5.41) is -0.177. The van der Waals surface area contributed by atoms with Gasteiger partial charge < -0.3 is 11.5 Å². The molecule has 0 bridgehead atoms. The fourth-order valence-electron chi connectivity index (χ4n) is 2.93. The van der Waals surface area contributed by atoms with Crippen molar-refractivity contribution in [3.8, 4) is 5.69 Å². The number of carbonyl (C=O) groups excluding carboxylic acids is 1. The zero-order chi connectivity index (χ0) is 19.7. The van der Waals surface area contributed by atoms with E-state index in [1.165, 1.54) is 34.9 Å². The molecule has 27 heavy (non-hydrogen) atoms. The maximum absolute atomic E-state index is 13.4. The quantitative estimate of drug-likeness (QED) is 0.718. The zero-order valence-electron chi connectivity index (χ0n) is 14.5. The second kappa shape index (κ2) is 7.24. The van der Waals surface area contributed by atoms with Crippen molar-refractivity contribution in [2.24, 2.45) is 11.5 Å². The fraction of sp³-hybridized carbons (Fsp3) is 0.211. The van der Waals surface area contributed by atoms with Crippen molar-refractivity contribution < 1.29 is 13.6 Å². The smallest absolute Gasteiger partial charge is 0.266 e. The predicted molar refractivity (Wildman–Crippen MR) is 98.0 cm³/mol. The van der Waals surface area contributed by atoms with E-state index in [0.29, 0.717) is 6.42 Å². The van der Waals surface area contributed by atoms with Crippen LogP contribution in [0, 0.1) is 0 Å². The SMILES string of the molecule is CC[C@H](N)c1nc2cccc(C(F)F)c2c(=O)n1-c1cccc(C(N)=O)c1. The van der Waals surface area contributed by atoms with E-state index in [9.17, 15) is 18.4 Å². The topological polar surface area (TPSA) is 104 Å². The highest BCUT2D eigenvalue weighted by molar-refractivity contribution is 5.93. The Morgan fingerprint density at radius 3 is 2.56 bits per heavy atom. The standard InChI is InChI=1S/C19H18F2N4O2/c1-2-13(22)18-24-14-8-4-7-12(16(20)21)15(14)19(27)25(18)11-6-3-5-10(9-11)17(23)26/h3-9,13,16H,2,22H2,1H3,(H2,23,26)/t13-/m0/s1. The lowest BCUT2D eigenvalue weighted by Crippen LogP contribution is -2.29. The third kappa shape index (κ3) is 3.31. The van der Waals surface area contributed by atoms with Crippen LogP contribution in [0.3, 0.4) is 0 Å². The average molecular weight is 372 g/mol. The monoisotopic (exact) mass is 372 g/mol. The van der Waals surface area contributed by atoms with Crippen LogP contribution in [-0.4, -0.2) is 15.5 Å². The van der Waals surface area contributed by atoms with Crippen LogP contribution in [0.15, 0.2) is 47.3 Å². The molecular formula is C19H18F2N4O2. The molecule has 140 valence electrons. The Morgan fingerprint density at radius 2 is 1.93 bits per heavy atom. The van der Waals surface area contributed by atoms with Gasteiger partial charge in [-0.3, -0.25) is 14.2 Å². The summed E-state index contributed by atoms with van der Waals surface area (Å²) >= 11 is 0. The van der Waals surface area contributed by atoms with Crippen LogP contribution in [0.1, 0.15) is 47.6 Å². The third-order valence-corrected chi connectivity index (χ3v) is 4.35. The number of hydrogen-bond donors (Lipinski definition) is 2. The average Bonchev–Trinajstić information content (AvgIpc) is 2.66. The van der Waals surface area contributed by atoms with Crippen molar-refractivity contribution in [2.45, 2.75) is 25.8 Å². The molecule has 8 heteroatoms. The molecule has 0 saturated heterocycles. The van der Waals surface area contributed by atoms with E-state index in [4.69, 9.17) is 11.5 Å². The minimum atomic E-state index is -2.83. The largest absolute Gasteiger partial charge is 0.366 e. The van der Waals surface area contributed by atoms with Gasteiger partial charge >= 0.3 is 0 Å². The molecule has 1 heterocycles. The molecule has 0 saturated carbocycles. The van der Waals surface area contributed by atoms with E-state index in [0.717, 1.165) is 0 Å². The van der Waals surface area contributed by atoms with E-state index < -0.39 is 29.5 Å². The first-order valence-electron chi connectivity index (χ1n) is 8.34. The third-order valence-electron chi connectivity index (χ3n) is 4.35. The molecule has 0 spiro atoms. The Bertz CT molecular complexity index is 1080. The second-order valence-electron chi connectivity index (χ2n) is 6.08. The number of hydrogen-bond acceptors (Lipinski definition) is 4. The van der Waals surface area contributed by atoms with Crippen molar-refractivity contribution in [3.05, 3.63) is 69.8 Å². The van der Waals surface area contributed by atoms with Gasteiger partial charge in [-0.25, -0.2) is 13.8 Å². The molecule has 1 atom stereocenters. The molecule has 4 N–H and O–H groups in total. The van der Waals surface area contributed by atoms with Crippen molar-refractivity contribution in [3.63, 3.8) is 0 Å². The van der Waals surface area contributed by atoms with E-state index >= 15 is 0 Å².